The van der Waals surface area contributed by atoms with Gasteiger partial charge in [0.25, 0.3) is 11.6 Å². The Bertz CT molecular complexity index is 505. The Morgan fingerprint density at radius 1 is 1.45 bits per heavy atom. The summed E-state index contributed by atoms with van der Waals surface area (Å²) in [5.74, 6) is -0.187. The lowest BCUT2D eigenvalue weighted by molar-refractivity contribution is -0.384. The molecule has 1 amide bonds. The van der Waals surface area contributed by atoms with E-state index in [1.54, 1.807) is 0 Å². The second-order valence-corrected chi connectivity index (χ2v) is 5.39. The lowest BCUT2D eigenvalue weighted by Gasteiger charge is -2.13. The minimum atomic E-state index is -0.645. The van der Waals surface area contributed by atoms with Crippen molar-refractivity contribution in [3.8, 4) is 0 Å². The standard InChI is InChI=1S/C13H17ClN2O4/c1-8(2)3-12(17)7-15-13(18)9-4-10(14)6-11(5-9)16(19)20/h4-6,8,12,17H,3,7H2,1-2H3,(H,15,18). The van der Waals surface area contributed by atoms with Gasteiger partial charge < -0.3 is 10.4 Å². The first-order valence-corrected chi connectivity index (χ1v) is 6.58. The van der Waals surface area contributed by atoms with Crippen LogP contribution in [-0.4, -0.2) is 28.6 Å². The van der Waals surface area contributed by atoms with Crippen molar-refractivity contribution in [3.05, 3.63) is 38.9 Å². The number of benzene rings is 1. The Labute approximate surface area is 121 Å². The van der Waals surface area contributed by atoms with Crippen LogP contribution in [0.25, 0.3) is 0 Å². The molecule has 0 fully saturated rings. The minimum Gasteiger partial charge on any atom is -0.391 e. The topological polar surface area (TPSA) is 92.5 Å². The molecule has 0 bridgehead atoms. The summed E-state index contributed by atoms with van der Waals surface area (Å²) in [5, 5.41) is 23.0. The van der Waals surface area contributed by atoms with E-state index in [0.29, 0.717) is 12.3 Å². The molecule has 7 heteroatoms. The highest BCUT2D eigenvalue weighted by molar-refractivity contribution is 6.31. The fraction of sp³-hybridized carbons (Fsp3) is 0.462. The van der Waals surface area contributed by atoms with Gasteiger partial charge in [0, 0.05) is 29.3 Å². The van der Waals surface area contributed by atoms with Gasteiger partial charge in [0.1, 0.15) is 0 Å². The van der Waals surface area contributed by atoms with Crippen molar-refractivity contribution in [3.63, 3.8) is 0 Å². The molecule has 1 unspecified atom stereocenters. The van der Waals surface area contributed by atoms with Crippen LogP contribution in [0.15, 0.2) is 18.2 Å². The molecule has 110 valence electrons. The van der Waals surface area contributed by atoms with Crippen LogP contribution in [0.2, 0.25) is 5.02 Å². The fourth-order valence-corrected chi connectivity index (χ4v) is 1.98. The number of aliphatic hydroxyl groups excluding tert-OH is 1. The second kappa shape index (κ2) is 7.21. The number of nitro benzene ring substituents is 1. The van der Waals surface area contributed by atoms with E-state index in [9.17, 15) is 20.0 Å². The first-order chi connectivity index (χ1) is 9.29. The van der Waals surface area contributed by atoms with Gasteiger partial charge in [-0.2, -0.15) is 0 Å². The third kappa shape index (κ3) is 5.14. The van der Waals surface area contributed by atoms with E-state index in [-0.39, 0.29) is 22.8 Å². The van der Waals surface area contributed by atoms with Crippen molar-refractivity contribution in [1.29, 1.82) is 0 Å². The van der Waals surface area contributed by atoms with E-state index in [2.05, 4.69) is 5.32 Å². The Balaban J connectivity index is 2.70. The van der Waals surface area contributed by atoms with Crippen molar-refractivity contribution in [1.82, 2.24) is 5.32 Å². The van der Waals surface area contributed by atoms with Crippen LogP contribution in [0.4, 0.5) is 5.69 Å². The zero-order chi connectivity index (χ0) is 15.3. The summed E-state index contributed by atoms with van der Waals surface area (Å²) < 4.78 is 0. The van der Waals surface area contributed by atoms with Crippen LogP contribution in [0.1, 0.15) is 30.6 Å². The number of nitrogens with zero attached hydrogens (tertiary/aromatic N) is 1. The van der Waals surface area contributed by atoms with Crippen molar-refractivity contribution in [2.24, 2.45) is 5.92 Å². The maximum atomic E-state index is 11.9. The van der Waals surface area contributed by atoms with Crippen molar-refractivity contribution in [2.75, 3.05) is 6.54 Å². The molecule has 0 saturated heterocycles. The summed E-state index contributed by atoms with van der Waals surface area (Å²) in [7, 11) is 0. The van der Waals surface area contributed by atoms with E-state index in [0.717, 1.165) is 6.07 Å². The monoisotopic (exact) mass is 300 g/mol. The molecule has 0 aliphatic rings. The summed E-state index contributed by atoms with van der Waals surface area (Å²) in [6.07, 6.45) is -0.0798. The third-order valence-electron chi connectivity index (χ3n) is 2.60. The maximum Gasteiger partial charge on any atom is 0.271 e. The molecule has 2 N–H and O–H groups in total. The Kier molecular flexibility index (Phi) is 5.91. The number of hydrogen-bond acceptors (Lipinski definition) is 4. The fourth-order valence-electron chi connectivity index (χ4n) is 1.75. The molecule has 6 nitrogen and oxygen atoms in total. The molecule has 1 aromatic carbocycles. The minimum absolute atomic E-state index is 0.0946. The summed E-state index contributed by atoms with van der Waals surface area (Å²) >= 11 is 5.74. The van der Waals surface area contributed by atoms with Crippen LogP contribution in [-0.2, 0) is 0 Å². The molecule has 20 heavy (non-hydrogen) atoms. The van der Waals surface area contributed by atoms with Gasteiger partial charge in [0.15, 0.2) is 0 Å². The number of amides is 1. The highest BCUT2D eigenvalue weighted by atomic mass is 35.5. The van der Waals surface area contributed by atoms with E-state index >= 15 is 0 Å². The second-order valence-electron chi connectivity index (χ2n) is 4.95. The van der Waals surface area contributed by atoms with Crippen molar-refractivity contribution < 1.29 is 14.8 Å². The number of hydrogen-bond donors (Lipinski definition) is 2. The van der Waals surface area contributed by atoms with E-state index in [4.69, 9.17) is 11.6 Å². The SMILES string of the molecule is CC(C)CC(O)CNC(=O)c1cc(Cl)cc([N+](=O)[O-])c1. The number of carbonyl (C=O) groups excluding carboxylic acids is 1. The van der Waals surface area contributed by atoms with E-state index in [1.807, 2.05) is 13.8 Å². The molecule has 1 rings (SSSR count). The zero-order valence-electron chi connectivity index (χ0n) is 11.3. The molecule has 0 aliphatic heterocycles. The number of nitro groups is 1. The summed E-state index contributed by atoms with van der Waals surface area (Å²) in [4.78, 5) is 21.9. The number of rotatable bonds is 6. The first kappa shape index (κ1) is 16.4. The molecule has 1 atom stereocenters. The molecular weight excluding hydrogens is 284 g/mol. The Morgan fingerprint density at radius 2 is 2.10 bits per heavy atom. The van der Waals surface area contributed by atoms with E-state index in [1.165, 1.54) is 12.1 Å². The van der Waals surface area contributed by atoms with Gasteiger partial charge in [-0.05, 0) is 18.4 Å². The van der Waals surface area contributed by atoms with Gasteiger partial charge in [-0.1, -0.05) is 25.4 Å². The largest absolute Gasteiger partial charge is 0.391 e. The van der Waals surface area contributed by atoms with Crippen molar-refractivity contribution >= 4 is 23.2 Å². The molecule has 0 radical (unpaired) electrons. The van der Waals surface area contributed by atoms with Crippen LogP contribution in [0, 0.1) is 16.0 Å². The molecule has 1 aromatic rings. The lowest BCUT2D eigenvalue weighted by atomic mass is 10.1. The number of aliphatic hydroxyl groups is 1. The Hall–Kier alpha value is -1.66. The van der Waals surface area contributed by atoms with Gasteiger partial charge in [0.2, 0.25) is 0 Å². The molecular formula is C13H17ClN2O4. The summed E-state index contributed by atoms with van der Waals surface area (Å²) in [6.45, 7) is 4.02. The quantitative estimate of drug-likeness (QED) is 0.623. The molecule has 0 aromatic heterocycles. The number of carbonyl (C=O) groups is 1. The van der Waals surface area contributed by atoms with Gasteiger partial charge in [-0.15, -0.1) is 0 Å². The van der Waals surface area contributed by atoms with Gasteiger partial charge in [-0.3, -0.25) is 14.9 Å². The van der Waals surface area contributed by atoms with Crippen LogP contribution >= 0.6 is 11.6 Å². The maximum absolute atomic E-state index is 11.9. The van der Waals surface area contributed by atoms with E-state index < -0.39 is 16.9 Å². The number of nitrogens with one attached hydrogen (secondary N) is 1. The van der Waals surface area contributed by atoms with Gasteiger partial charge in [0.05, 0.1) is 11.0 Å². The molecule has 0 saturated carbocycles. The predicted molar refractivity (Wildman–Crippen MR) is 75.9 cm³/mol. The van der Waals surface area contributed by atoms with Crippen LogP contribution in [0.5, 0.6) is 0 Å². The normalized spacial score (nSPS) is 12.2. The van der Waals surface area contributed by atoms with Crippen LogP contribution < -0.4 is 5.32 Å². The average molecular weight is 301 g/mol. The molecule has 0 spiro atoms. The molecule has 0 aliphatic carbocycles. The van der Waals surface area contributed by atoms with Crippen molar-refractivity contribution in [2.45, 2.75) is 26.4 Å². The smallest absolute Gasteiger partial charge is 0.271 e. The summed E-state index contributed by atoms with van der Waals surface area (Å²) in [6, 6.07) is 3.67. The third-order valence-corrected chi connectivity index (χ3v) is 2.82. The van der Waals surface area contributed by atoms with Gasteiger partial charge in [-0.25, -0.2) is 0 Å². The number of non-ortho nitro benzene ring substituents is 1. The molecule has 0 heterocycles. The summed E-state index contributed by atoms with van der Waals surface area (Å²) in [5.41, 5.74) is -0.147. The predicted octanol–water partition coefficient (Wildman–Crippen LogP) is 2.39. The Morgan fingerprint density at radius 3 is 2.65 bits per heavy atom. The highest BCUT2D eigenvalue weighted by Crippen LogP contribution is 2.20. The number of halogens is 1. The van der Waals surface area contributed by atoms with Crippen LogP contribution in [0.3, 0.4) is 0 Å². The first-order valence-electron chi connectivity index (χ1n) is 6.21. The zero-order valence-corrected chi connectivity index (χ0v) is 12.1. The highest BCUT2D eigenvalue weighted by Gasteiger charge is 2.15. The average Bonchev–Trinajstić information content (AvgIpc) is 2.34. The van der Waals surface area contributed by atoms with Gasteiger partial charge >= 0.3 is 0 Å². The lowest BCUT2D eigenvalue weighted by Crippen LogP contribution is -2.32.